The Labute approximate surface area is 286 Å². The lowest BCUT2D eigenvalue weighted by atomic mass is 10.1. The Morgan fingerprint density at radius 3 is 2.19 bits per heavy atom. The van der Waals surface area contributed by atoms with Crippen LogP contribution in [0.3, 0.4) is 0 Å². The maximum absolute atomic E-state index is 12.2. The minimum absolute atomic E-state index is 0.109. The summed E-state index contributed by atoms with van der Waals surface area (Å²) < 4.78 is 27.0. The molecular formula is C36H42N4O7S. The number of ether oxygens (including phenoxy) is 5. The first-order valence-electron chi connectivity index (χ1n) is 15.9. The summed E-state index contributed by atoms with van der Waals surface area (Å²) in [7, 11) is 1.63. The van der Waals surface area contributed by atoms with Crippen molar-refractivity contribution in [2.24, 2.45) is 4.99 Å². The van der Waals surface area contributed by atoms with Crippen LogP contribution in [-0.2, 0) is 35.0 Å². The summed E-state index contributed by atoms with van der Waals surface area (Å²) in [5, 5.41) is 5.41. The number of fused-ring (bicyclic) bond motifs is 1. The fourth-order valence-electron chi connectivity index (χ4n) is 4.40. The van der Waals surface area contributed by atoms with Crippen molar-refractivity contribution in [3.05, 3.63) is 83.0 Å². The molecule has 1 aliphatic heterocycles. The largest absolute Gasteiger partial charge is 0.379 e. The van der Waals surface area contributed by atoms with Crippen LogP contribution < -0.4 is 10.6 Å². The van der Waals surface area contributed by atoms with Gasteiger partial charge in [0.05, 0.1) is 65.0 Å². The van der Waals surface area contributed by atoms with Crippen molar-refractivity contribution in [1.82, 2.24) is 10.3 Å². The summed E-state index contributed by atoms with van der Waals surface area (Å²) in [5.74, 6) is 6.24. The average molecular weight is 675 g/mol. The number of hydrogen-bond acceptors (Lipinski definition) is 10. The third-order valence-electron chi connectivity index (χ3n) is 6.75. The Balaban J connectivity index is 1.11. The van der Waals surface area contributed by atoms with Crippen molar-refractivity contribution in [3.63, 3.8) is 0 Å². The van der Waals surface area contributed by atoms with E-state index >= 15 is 0 Å². The van der Waals surface area contributed by atoms with Crippen LogP contribution in [0, 0.1) is 11.8 Å². The highest BCUT2D eigenvalue weighted by atomic mass is 32.2. The molecule has 0 unspecified atom stereocenters. The van der Waals surface area contributed by atoms with Crippen LogP contribution in [0.25, 0.3) is 0 Å². The molecule has 48 heavy (non-hydrogen) atoms. The molecule has 0 saturated heterocycles. The molecule has 0 aliphatic carbocycles. The second-order valence-electron chi connectivity index (χ2n) is 10.4. The summed E-state index contributed by atoms with van der Waals surface area (Å²) >= 11 is 1.54. The van der Waals surface area contributed by atoms with Gasteiger partial charge in [0, 0.05) is 40.8 Å². The first-order valence-corrected chi connectivity index (χ1v) is 16.7. The topological polar surface area (TPSA) is 130 Å². The molecule has 0 atom stereocenters. The third kappa shape index (κ3) is 12.5. The highest BCUT2D eigenvalue weighted by molar-refractivity contribution is 7.99. The minimum Gasteiger partial charge on any atom is -0.379 e. The van der Waals surface area contributed by atoms with E-state index in [1.807, 2.05) is 36.4 Å². The molecule has 2 heterocycles. The molecule has 0 saturated carbocycles. The van der Waals surface area contributed by atoms with E-state index in [2.05, 4.69) is 45.4 Å². The molecule has 1 aromatic heterocycles. The number of benzene rings is 2. The molecule has 12 heteroatoms. The molecule has 3 aromatic rings. The second kappa shape index (κ2) is 21.0. The number of rotatable bonds is 20. The number of aromatic nitrogens is 1. The number of amides is 2. The number of pyridine rings is 1. The zero-order valence-corrected chi connectivity index (χ0v) is 28.2. The van der Waals surface area contributed by atoms with Gasteiger partial charge in [0.15, 0.2) is 0 Å². The lowest BCUT2D eigenvalue weighted by Crippen LogP contribution is -2.20. The number of carbonyl (C=O) groups is 2. The van der Waals surface area contributed by atoms with Crippen LogP contribution in [0.15, 0.2) is 75.6 Å². The Morgan fingerprint density at radius 2 is 1.52 bits per heavy atom. The Morgan fingerprint density at radius 1 is 0.833 bits per heavy atom. The molecule has 1 aliphatic rings. The van der Waals surface area contributed by atoms with Crippen LogP contribution in [0.1, 0.15) is 40.4 Å². The van der Waals surface area contributed by atoms with E-state index in [9.17, 15) is 9.59 Å². The molecule has 0 fully saturated rings. The number of aliphatic imine (C=N–C) groups is 1. The number of nitrogens with zero attached hydrogens (tertiary/aromatic N) is 2. The third-order valence-corrected chi connectivity index (χ3v) is 7.82. The maximum atomic E-state index is 12.2. The number of hydrogen-bond donors (Lipinski definition) is 2. The van der Waals surface area contributed by atoms with Gasteiger partial charge in [0.2, 0.25) is 0 Å². The van der Waals surface area contributed by atoms with Crippen LogP contribution in [0.2, 0.25) is 0 Å². The molecule has 0 bridgehead atoms. The van der Waals surface area contributed by atoms with Gasteiger partial charge in [-0.05, 0) is 54.3 Å². The molecular weight excluding hydrogens is 632 g/mol. The average Bonchev–Trinajstić information content (AvgIpc) is 3.51. The second-order valence-corrected chi connectivity index (χ2v) is 11.5. The van der Waals surface area contributed by atoms with E-state index in [-0.39, 0.29) is 25.0 Å². The maximum Gasteiger partial charge on any atom is 0.252 e. The SMILES string of the molecule is CCCOCCOCCOCCOCCOCC(=O)Nc1ccc(C#CC2=NCc3cc(Sc4ccccc4C(=O)NC)ccc32)cn1. The van der Waals surface area contributed by atoms with Crippen LogP contribution in [0.5, 0.6) is 0 Å². The van der Waals surface area contributed by atoms with Crippen molar-refractivity contribution in [3.8, 4) is 11.8 Å². The van der Waals surface area contributed by atoms with Gasteiger partial charge < -0.3 is 34.3 Å². The lowest BCUT2D eigenvalue weighted by molar-refractivity contribution is -0.121. The summed E-state index contributed by atoms with van der Waals surface area (Å²) in [5.41, 5.74) is 4.13. The standard InChI is InChI=1S/C36H42N4O7S/c1-3-14-43-15-16-44-17-18-45-19-20-46-21-22-47-26-35(41)40-34-13-9-27(24-39-34)8-12-32-30-11-10-29(23-28(30)25-38-32)48-33-7-5-4-6-31(33)36(42)37-2/h4-7,9-11,13,23-24H,3,14-22,25-26H2,1-2H3,(H,37,42)(H,39,40,41). The van der Waals surface area contributed by atoms with E-state index in [1.165, 1.54) is 0 Å². The monoisotopic (exact) mass is 674 g/mol. The van der Waals surface area contributed by atoms with E-state index < -0.39 is 0 Å². The molecule has 11 nitrogen and oxygen atoms in total. The minimum atomic E-state index is -0.309. The quantitative estimate of drug-likeness (QED) is 0.133. The summed E-state index contributed by atoms with van der Waals surface area (Å²) in [6, 6.07) is 17.2. The van der Waals surface area contributed by atoms with Crippen molar-refractivity contribution >= 4 is 35.1 Å². The van der Waals surface area contributed by atoms with Gasteiger partial charge in [-0.2, -0.15) is 0 Å². The van der Waals surface area contributed by atoms with Crippen LogP contribution in [-0.4, -0.2) is 95.6 Å². The fourth-order valence-corrected chi connectivity index (χ4v) is 5.41. The van der Waals surface area contributed by atoms with Crippen molar-refractivity contribution in [2.45, 2.75) is 29.7 Å². The van der Waals surface area contributed by atoms with E-state index in [0.717, 1.165) is 33.9 Å². The zero-order chi connectivity index (χ0) is 33.8. The summed E-state index contributed by atoms with van der Waals surface area (Å²) in [6.45, 7) is 6.99. The lowest BCUT2D eigenvalue weighted by Gasteiger charge is -2.09. The molecule has 2 N–H and O–H groups in total. The van der Waals surface area contributed by atoms with Crippen LogP contribution in [0.4, 0.5) is 5.82 Å². The van der Waals surface area contributed by atoms with Gasteiger partial charge >= 0.3 is 0 Å². The smallest absolute Gasteiger partial charge is 0.252 e. The predicted molar refractivity (Wildman–Crippen MR) is 185 cm³/mol. The normalized spacial score (nSPS) is 11.8. The molecule has 4 rings (SSSR count). The van der Waals surface area contributed by atoms with Gasteiger partial charge in [-0.1, -0.05) is 42.8 Å². The van der Waals surface area contributed by atoms with Crippen LogP contribution >= 0.6 is 11.8 Å². The Hall–Kier alpha value is -4.09. The Kier molecular flexibility index (Phi) is 16.1. The van der Waals surface area contributed by atoms with Gasteiger partial charge in [0.1, 0.15) is 18.1 Å². The predicted octanol–water partition coefficient (Wildman–Crippen LogP) is 4.38. The van der Waals surface area contributed by atoms with Gasteiger partial charge in [-0.25, -0.2) is 4.98 Å². The Bertz CT molecular complexity index is 1570. The number of carbonyl (C=O) groups excluding carboxylic acids is 2. The first-order chi connectivity index (χ1) is 23.6. The zero-order valence-electron chi connectivity index (χ0n) is 27.4. The molecule has 254 valence electrons. The first kappa shape index (κ1) is 36.7. The molecule has 2 aromatic carbocycles. The van der Waals surface area contributed by atoms with E-state index in [0.29, 0.717) is 75.4 Å². The highest BCUT2D eigenvalue weighted by Crippen LogP contribution is 2.33. The highest BCUT2D eigenvalue weighted by Gasteiger charge is 2.16. The molecule has 2 amide bonds. The van der Waals surface area contributed by atoms with Crippen molar-refractivity contribution in [1.29, 1.82) is 0 Å². The van der Waals surface area contributed by atoms with Gasteiger partial charge in [0.25, 0.3) is 11.8 Å². The number of anilines is 1. The van der Waals surface area contributed by atoms with E-state index in [4.69, 9.17) is 23.7 Å². The van der Waals surface area contributed by atoms with Crippen molar-refractivity contribution < 1.29 is 33.3 Å². The van der Waals surface area contributed by atoms with Gasteiger partial charge in [-0.15, -0.1) is 0 Å². The van der Waals surface area contributed by atoms with Crippen molar-refractivity contribution in [2.75, 3.05) is 78.4 Å². The summed E-state index contributed by atoms with van der Waals surface area (Å²) in [4.78, 5) is 35.3. The molecule has 0 spiro atoms. The summed E-state index contributed by atoms with van der Waals surface area (Å²) in [6.07, 6.45) is 2.61. The van der Waals surface area contributed by atoms with Gasteiger partial charge in [-0.3, -0.25) is 14.6 Å². The van der Waals surface area contributed by atoms with E-state index in [1.54, 1.807) is 37.1 Å². The fraction of sp³-hybridized carbons (Fsp3) is 0.389. The molecule has 0 radical (unpaired) electrons. The number of nitrogens with one attached hydrogen (secondary N) is 2.